The number of rotatable bonds is 6. The molecular weight excluding hydrogens is 350 g/mol. The van der Waals surface area contributed by atoms with Gasteiger partial charge in [-0.3, -0.25) is 0 Å². The molecule has 3 atom stereocenters. The van der Waals surface area contributed by atoms with Crippen molar-refractivity contribution < 1.29 is 21.6 Å². The average Bonchev–Trinajstić information content (AvgIpc) is 2.82. The first-order valence-corrected chi connectivity index (χ1v) is 11.3. The molecule has 0 spiro atoms. The Bertz CT molecular complexity index is 802. The van der Waals surface area contributed by atoms with E-state index in [1.54, 1.807) is 19.1 Å². The first-order chi connectivity index (χ1) is 11.1. The van der Waals surface area contributed by atoms with Gasteiger partial charge >= 0.3 is 0 Å². The molecule has 0 saturated carbocycles. The van der Waals surface area contributed by atoms with Gasteiger partial charge in [0, 0.05) is 12.1 Å². The van der Waals surface area contributed by atoms with Crippen molar-refractivity contribution in [3.05, 3.63) is 23.8 Å². The number of aryl methyl sites for hydroxylation is 1. The van der Waals surface area contributed by atoms with Crippen LogP contribution in [0.25, 0.3) is 0 Å². The van der Waals surface area contributed by atoms with E-state index in [2.05, 4.69) is 5.32 Å². The van der Waals surface area contributed by atoms with Crippen LogP contribution in [-0.2, 0) is 19.7 Å². The third kappa shape index (κ3) is 3.92. The lowest BCUT2D eigenvalue weighted by molar-refractivity contribution is 0.411. The number of hydrogen-bond acceptors (Lipinski definition) is 6. The van der Waals surface area contributed by atoms with Crippen molar-refractivity contribution in [2.45, 2.75) is 49.4 Å². The summed E-state index contributed by atoms with van der Waals surface area (Å²) in [5.41, 5.74) is 0.700. The van der Waals surface area contributed by atoms with Crippen molar-refractivity contribution in [1.29, 1.82) is 0 Å². The van der Waals surface area contributed by atoms with Crippen molar-refractivity contribution in [3.63, 3.8) is 0 Å². The van der Waals surface area contributed by atoms with E-state index in [9.17, 15) is 16.8 Å². The molecule has 0 aliphatic carbocycles. The van der Waals surface area contributed by atoms with Gasteiger partial charge < -0.3 is 10.1 Å². The highest BCUT2D eigenvalue weighted by molar-refractivity contribution is 7.96. The fourth-order valence-electron chi connectivity index (χ4n) is 2.96. The van der Waals surface area contributed by atoms with E-state index in [0.717, 1.165) is 6.42 Å². The zero-order chi connectivity index (χ0) is 18.1. The maximum Gasteiger partial charge on any atom is 0.183 e. The Hall–Kier alpha value is -1.12. The minimum Gasteiger partial charge on any atom is -0.496 e. The number of benzene rings is 1. The van der Waals surface area contributed by atoms with E-state index >= 15 is 0 Å². The van der Waals surface area contributed by atoms with E-state index in [1.807, 2.05) is 13.8 Å². The summed E-state index contributed by atoms with van der Waals surface area (Å²) >= 11 is 0. The Labute approximate surface area is 144 Å². The predicted octanol–water partition coefficient (Wildman–Crippen LogP) is 1.33. The zero-order valence-corrected chi connectivity index (χ0v) is 16.1. The van der Waals surface area contributed by atoms with E-state index < -0.39 is 31.0 Å². The Morgan fingerprint density at radius 3 is 2.54 bits per heavy atom. The molecule has 0 aromatic heterocycles. The summed E-state index contributed by atoms with van der Waals surface area (Å²) in [5, 5.41) is 2.20. The van der Waals surface area contributed by atoms with Gasteiger partial charge in [0.1, 0.15) is 5.75 Å². The number of sulfone groups is 2. The first kappa shape index (κ1) is 19.2. The molecule has 0 bridgehead atoms. The topological polar surface area (TPSA) is 89.5 Å². The molecule has 0 amide bonds. The Morgan fingerprint density at radius 2 is 2.00 bits per heavy atom. The highest BCUT2D eigenvalue weighted by Gasteiger charge is 2.46. The van der Waals surface area contributed by atoms with E-state index in [-0.39, 0.29) is 22.4 Å². The summed E-state index contributed by atoms with van der Waals surface area (Å²) in [6.45, 7) is 5.65. The summed E-state index contributed by atoms with van der Waals surface area (Å²) < 4.78 is 55.3. The minimum atomic E-state index is -3.76. The van der Waals surface area contributed by atoms with Crippen molar-refractivity contribution in [2.24, 2.45) is 0 Å². The lowest BCUT2D eigenvalue weighted by Crippen LogP contribution is -2.46. The lowest BCUT2D eigenvalue weighted by atomic mass is 10.2. The van der Waals surface area contributed by atoms with Crippen LogP contribution >= 0.6 is 0 Å². The van der Waals surface area contributed by atoms with Gasteiger partial charge in [0.15, 0.2) is 19.7 Å². The van der Waals surface area contributed by atoms with Crippen LogP contribution in [0, 0.1) is 6.92 Å². The van der Waals surface area contributed by atoms with Crippen molar-refractivity contribution in [3.8, 4) is 5.75 Å². The summed E-state index contributed by atoms with van der Waals surface area (Å²) in [4.78, 5) is 0.138. The van der Waals surface area contributed by atoms with Gasteiger partial charge in [-0.2, -0.15) is 0 Å². The molecule has 1 fully saturated rings. The molecule has 24 heavy (non-hydrogen) atoms. The monoisotopic (exact) mass is 375 g/mol. The van der Waals surface area contributed by atoms with E-state index in [1.165, 1.54) is 13.2 Å². The van der Waals surface area contributed by atoms with Crippen LogP contribution in [0.4, 0.5) is 0 Å². The molecule has 2 rings (SSSR count). The fourth-order valence-corrected chi connectivity index (χ4v) is 7.72. The third-order valence-electron chi connectivity index (χ3n) is 4.50. The average molecular weight is 376 g/mol. The van der Waals surface area contributed by atoms with Crippen molar-refractivity contribution >= 4 is 19.7 Å². The summed E-state index contributed by atoms with van der Waals surface area (Å²) in [5.74, 6) is 0.118. The fraction of sp³-hybridized carbons (Fsp3) is 0.625. The molecule has 1 aliphatic heterocycles. The molecule has 1 aromatic carbocycles. The molecule has 1 aromatic rings. The summed E-state index contributed by atoms with van der Waals surface area (Å²) in [6.07, 6.45) is 0.797. The number of ether oxygens (including phenoxy) is 1. The Kier molecular flexibility index (Phi) is 5.61. The largest absolute Gasteiger partial charge is 0.496 e. The van der Waals surface area contributed by atoms with Crippen LogP contribution in [0.2, 0.25) is 0 Å². The van der Waals surface area contributed by atoms with Crippen LogP contribution in [-0.4, -0.2) is 52.8 Å². The second kappa shape index (κ2) is 7.01. The second-order valence-corrected chi connectivity index (χ2v) is 10.7. The van der Waals surface area contributed by atoms with Crippen molar-refractivity contribution in [1.82, 2.24) is 5.32 Å². The molecule has 1 saturated heterocycles. The molecule has 6 nitrogen and oxygen atoms in total. The molecule has 136 valence electrons. The second-order valence-electron chi connectivity index (χ2n) is 6.37. The van der Waals surface area contributed by atoms with Crippen LogP contribution in [0.3, 0.4) is 0 Å². The standard InChI is InChI=1S/C16H25NO5S2/c1-5-12(3)17-14-9-23(18,19)10-16(14)24(20,21)13-6-7-15(22-4)11(2)8-13/h6-8,12,14,16-17H,5,9-10H2,1-4H3/t12?,14-,16-/m0/s1. The maximum absolute atomic E-state index is 13.0. The normalized spacial score (nSPS) is 24.7. The van der Waals surface area contributed by atoms with Crippen molar-refractivity contribution in [2.75, 3.05) is 18.6 Å². The third-order valence-corrected chi connectivity index (χ3v) is 8.65. The Morgan fingerprint density at radius 1 is 1.33 bits per heavy atom. The van der Waals surface area contributed by atoms with Gasteiger partial charge in [-0.05, 0) is 44.0 Å². The summed E-state index contributed by atoms with van der Waals surface area (Å²) in [6, 6.07) is 4.09. The van der Waals surface area contributed by atoms with E-state index in [0.29, 0.717) is 11.3 Å². The molecular formula is C16H25NO5S2. The van der Waals surface area contributed by atoms with Gasteiger partial charge in [-0.15, -0.1) is 0 Å². The number of methoxy groups -OCH3 is 1. The van der Waals surface area contributed by atoms with Gasteiger partial charge in [-0.25, -0.2) is 16.8 Å². The van der Waals surface area contributed by atoms with Crippen LogP contribution < -0.4 is 10.1 Å². The molecule has 1 heterocycles. The van der Waals surface area contributed by atoms with Gasteiger partial charge in [0.2, 0.25) is 0 Å². The number of hydrogen-bond donors (Lipinski definition) is 1. The SMILES string of the molecule is CCC(C)N[C@H]1CS(=O)(=O)C[C@@H]1S(=O)(=O)c1ccc(OC)c(C)c1. The molecule has 1 unspecified atom stereocenters. The van der Waals surface area contributed by atoms with E-state index in [4.69, 9.17) is 4.74 Å². The molecule has 8 heteroatoms. The quantitative estimate of drug-likeness (QED) is 0.807. The smallest absolute Gasteiger partial charge is 0.183 e. The number of nitrogens with one attached hydrogen (secondary N) is 1. The molecule has 1 aliphatic rings. The lowest BCUT2D eigenvalue weighted by Gasteiger charge is -2.23. The highest BCUT2D eigenvalue weighted by atomic mass is 32.2. The minimum absolute atomic E-state index is 0.0543. The van der Waals surface area contributed by atoms with Crippen LogP contribution in [0.1, 0.15) is 25.8 Å². The predicted molar refractivity (Wildman–Crippen MR) is 94.0 cm³/mol. The molecule has 0 radical (unpaired) electrons. The first-order valence-electron chi connectivity index (χ1n) is 7.95. The maximum atomic E-state index is 13.0. The van der Waals surface area contributed by atoms with Gasteiger partial charge in [0.05, 0.1) is 28.8 Å². The highest BCUT2D eigenvalue weighted by Crippen LogP contribution is 2.29. The Balaban J connectivity index is 2.40. The summed E-state index contributed by atoms with van der Waals surface area (Å²) in [7, 11) is -5.62. The van der Waals surface area contributed by atoms with Gasteiger partial charge in [-0.1, -0.05) is 6.92 Å². The van der Waals surface area contributed by atoms with Crippen LogP contribution in [0.15, 0.2) is 23.1 Å². The zero-order valence-electron chi connectivity index (χ0n) is 14.4. The molecule has 1 N–H and O–H groups in total. The van der Waals surface area contributed by atoms with Crippen LogP contribution in [0.5, 0.6) is 5.75 Å². The van der Waals surface area contributed by atoms with Gasteiger partial charge in [0.25, 0.3) is 0 Å².